The van der Waals surface area contributed by atoms with E-state index in [0.717, 1.165) is 0 Å². The molecule has 0 aromatic heterocycles. The molecule has 1 aromatic rings. The van der Waals surface area contributed by atoms with Gasteiger partial charge in [0.05, 0.1) is 5.54 Å². The van der Waals surface area contributed by atoms with Crippen LogP contribution in [0, 0.1) is 11.7 Å². The number of benzene rings is 1. The fourth-order valence-electron chi connectivity index (χ4n) is 1.81. The molecule has 0 radical (unpaired) electrons. The van der Waals surface area contributed by atoms with Crippen molar-refractivity contribution >= 4 is 5.91 Å². The molecule has 0 spiro atoms. The summed E-state index contributed by atoms with van der Waals surface area (Å²) in [6.45, 7) is 7.58. The molecule has 0 heterocycles. The van der Waals surface area contributed by atoms with Gasteiger partial charge in [0.25, 0.3) is 0 Å². The fourth-order valence-corrected chi connectivity index (χ4v) is 1.81. The highest BCUT2D eigenvalue weighted by Gasteiger charge is 2.25. The molecule has 0 aliphatic carbocycles. The van der Waals surface area contributed by atoms with Crippen LogP contribution in [0.1, 0.15) is 39.7 Å². The van der Waals surface area contributed by atoms with E-state index in [1.54, 1.807) is 18.2 Å². The molecule has 0 unspecified atom stereocenters. The second-order valence-corrected chi connectivity index (χ2v) is 5.25. The SMILES string of the molecule is CC(C)CC(=O)NC(C)(C)c1ccccc1F. The Morgan fingerprint density at radius 1 is 1.35 bits per heavy atom. The molecule has 0 saturated heterocycles. The Labute approximate surface area is 102 Å². The molecule has 0 atom stereocenters. The van der Waals surface area contributed by atoms with Crippen molar-refractivity contribution in [2.45, 2.75) is 39.7 Å². The standard InChI is InChI=1S/C14H20FNO/c1-10(2)9-13(17)16-14(3,4)11-7-5-6-8-12(11)15/h5-8,10H,9H2,1-4H3,(H,16,17). The van der Waals surface area contributed by atoms with Gasteiger partial charge in [-0.25, -0.2) is 4.39 Å². The summed E-state index contributed by atoms with van der Waals surface area (Å²) in [5.41, 5.74) is -0.172. The van der Waals surface area contributed by atoms with E-state index >= 15 is 0 Å². The summed E-state index contributed by atoms with van der Waals surface area (Å²) in [6, 6.07) is 6.52. The molecular weight excluding hydrogens is 217 g/mol. The topological polar surface area (TPSA) is 29.1 Å². The first-order chi connectivity index (χ1) is 7.83. The van der Waals surface area contributed by atoms with Crippen LogP contribution in [0.25, 0.3) is 0 Å². The first kappa shape index (κ1) is 13.7. The number of halogens is 1. The molecule has 0 saturated carbocycles. The lowest BCUT2D eigenvalue weighted by atomic mass is 9.93. The summed E-state index contributed by atoms with van der Waals surface area (Å²) in [6.07, 6.45) is 0.456. The van der Waals surface area contributed by atoms with E-state index in [4.69, 9.17) is 0 Å². The van der Waals surface area contributed by atoms with E-state index in [2.05, 4.69) is 5.32 Å². The van der Waals surface area contributed by atoms with Gasteiger partial charge in [0.2, 0.25) is 5.91 Å². The molecule has 0 fully saturated rings. The van der Waals surface area contributed by atoms with Gasteiger partial charge in [-0.2, -0.15) is 0 Å². The number of nitrogens with one attached hydrogen (secondary N) is 1. The molecular formula is C14H20FNO. The van der Waals surface area contributed by atoms with E-state index in [0.29, 0.717) is 17.9 Å². The fraction of sp³-hybridized carbons (Fsp3) is 0.500. The number of amides is 1. The Balaban J connectivity index is 2.82. The average Bonchev–Trinajstić information content (AvgIpc) is 2.15. The van der Waals surface area contributed by atoms with Gasteiger partial charge in [-0.15, -0.1) is 0 Å². The maximum Gasteiger partial charge on any atom is 0.220 e. The molecule has 1 amide bonds. The minimum atomic E-state index is -0.683. The van der Waals surface area contributed by atoms with Crippen molar-refractivity contribution in [1.29, 1.82) is 0 Å². The third-order valence-electron chi connectivity index (χ3n) is 2.59. The van der Waals surface area contributed by atoms with E-state index in [-0.39, 0.29) is 11.7 Å². The third-order valence-corrected chi connectivity index (χ3v) is 2.59. The monoisotopic (exact) mass is 237 g/mol. The normalized spacial score (nSPS) is 11.6. The van der Waals surface area contributed by atoms with Crippen LogP contribution in [0.5, 0.6) is 0 Å². The van der Waals surface area contributed by atoms with Gasteiger partial charge >= 0.3 is 0 Å². The van der Waals surface area contributed by atoms with Gasteiger partial charge in [-0.05, 0) is 25.8 Å². The number of carbonyl (C=O) groups is 1. The van der Waals surface area contributed by atoms with Crippen LogP contribution in [0.3, 0.4) is 0 Å². The molecule has 1 rings (SSSR count). The summed E-state index contributed by atoms with van der Waals surface area (Å²) in [7, 11) is 0. The lowest BCUT2D eigenvalue weighted by molar-refractivity contribution is -0.123. The van der Waals surface area contributed by atoms with Gasteiger partial charge in [-0.1, -0.05) is 32.0 Å². The largest absolute Gasteiger partial charge is 0.347 e. The smallest absolute Gasteiger partial charge is 0.220 e. The Hall–Kier alpha value is -1.38. The van der Waals surface area contributed by atoms with E-state index < -0.39 is 5.54 Å². The van der Waals surface area contributed by atoms with Gasteiger partial charge in [-0.3, -0.25) is 4.79 Å². The van der Waals surface area contributed by atoms with Crippen molar-refractivity contribution in [3.05, 3.63) is 35.6 Å². The molecule has 0 aliphatic rings. The van der Waals surface area contributed by atoms with Crippen LogP contribution in [-0.4, -0.2) is 5.91 Å². The second-order valence-electron chi connectivity index (χ2n) is 5.25. The summed E-state index contributed by atoms with van der Waals surface area (Å²) >= 11 is 0. The quantitative estimate of drug-likeness (QED) is 0.856. The number of rotatable bonds is 4. The molecule has 1 N–H and O–H groups in total. The zero-order chi connectivity index (χ0) is 13.1. The molecule has 3 heteroatoms. The highest BCUT2D eigenvalue weighted by atomic mass is 19.1. The van der Waals surface area contributed by atoms with Gasteiger partial charge < -0.3 is 5.32 Å². The summed E-state index contributed by atoms with van der Waals surface area (Å²) < 4.78 is 13.6. The van der Waals surface area contributed by atoms with Crippen LogP contribution in [0.2, 0.25) is 0 Å². The zero-order valence-corrected chi connectivity index (χ0v) is 10.9. The Kier molecular flexibility index (Phi) is 4.27. The summed E-state index contributed by atoms with van der Waals surface area (Å²) in [4.78, 5) is 11.7. The average molecular weight is 237 g/mol. The number of hydrogen-bond acceptors (Lipinski definition) is 1. The maximum absolute atomic E-state index is 13.6. The van der Waals surface area contributed by atoms with E-state index in [9.17, 15) is 9.18 Å². The van der Waals surface area contributed by atoms with E-state index in [1.165, 1.54) is 6.07 Å². The Morgan fingerprint density at radius 2 is 1.94 bits per heavy atom. The summed E-state index contributed by atoms with van der Waals surface area (Å²) in [5.74, 6) is -0.0398. The summed E-state index contributed by atoms with van der Waals surface area (Å²) in [5, 5.41) is 2.87. The van der Waals surface area contributed by atoms with Crippen LogP contribution in [-0.2, 0) is 10.3 Å². The zero-order valence-electron chi connectivity index (χ0n) is 10.9. The van der Waals surface area contributed by atoms with Crippen LogP contribution >= 0.6 is 0 Å². The lowest BCUT2D eigenvalue weighted by Gasteiger charge is -2.27. The van der Waals surface area contributed by atoms with Gasteiger partial charge in [0.1, 0.15) is 5.82 Å². The number of carbonyl (C=O) groups excluding carboxylic acids is 1. The molecule has 1 aromatic carbocycles. The van der Waals surface area contributed by atoms with Crippen molar-refractivity contribution in [2.24, 2.45) is 5.92 Å². The molecule has 17 heavy (non-hydrogen) atoms. The Morgan fingerprint density at radius 3 is 2.47 bits per heavy atom. The van der Waals surface area contributed by atoms with Crippen molar-refractivity contribution in [1.82, 2.24) is 5.32 Å². The van der Waals surface area contributed by atoms with Gasteiger partial charge in [0.15, 0.2) is 0 Å². The van der Waals surface area contributed by atoms with Crippen molar-refractivity contribution in [3.63, 3.8) is 0 Å². The maximum atomic E-state index is 13.6. The Bertz CT molecular complexity index is 399. The molecule has 94 valence electrons. The minimum Gasteiger partial charge on any atom is -0.347 e. The third kappa shape index (κ3) is 3.84. The second kappa shape index (κ2) is 5.30. The molecule has 0 bridgehead atoms. The predicted octanol–water partition coefficient (Wildman–Crippen LogP) is 3.22. The predicted molar refractivity (Wildman–Crippen MR) is 67.0 cm³/mol. The van der Waals surface area contributed by atoms with Crippen LogP contribution < -0.4 is 5.32 Å². The first-order valence-electron chi connectivity index (χ1n) is 5.89. The van der Waals surface area contributed by atoms with Crippen molar-refractivity contribution < 1.29 is 9.18 Å². The van der Waals surface area contributed by atoms with Crippen LogP contribution in [0.15, 0.2) is 24.3 Å². The van der Waals surface area contributed by atoms with Gasteiger partial charge in [0, 0.05) is 12.0 Å². The number of hydrogen-bond donors (Lipinski definition) is 1. The highest BCUT2D eigenvalue weighted by Crippen LogP contribution is 2.23. The highest BCUT2D eigenvalue weighted by molar-refractivity contribution is 5.77. The van der Waals surface area contributed by atoms with Crippen molar-refractivity contribution in [2.75, 3.05) is 0 Å². The molecule has 0 aliphatic heterocycles. The lowest BCUT2D eigenvalue weighted by Crippen LogP contribution is -2.42. The minimum absolute atomic E-state index is 0.0479. The molecule has 2 nitrogen and oxygen atoms in total. The first-order valence-corrected chi connectivity index (χ1v) is 5.89. The van der Waals surface area contributed by atoms with Crippen LogP contribution in [0.4, 0.5) is 4.39 Å². The van der Waals surface area contributed by atoms with E-state index in [1.807, 2.05) is 27.7 Å². The van der Waals surface area contributed by atoms with Crippen molar-refractivity contribution in [3.8, 4) is 0 Å².